The molecule has 15 heavy (non-hydrogen) atoms. The van der Waals surface area contributed by atoms with Gasteiger partial charge in [0.2, 0.25) is 0 Å². The number of pyridine rings is 1. The minimum Gasteiger partial charge on any atom is -0.478 e. The van der Waals surface area contributed by atoms with Gasteiger partial charge >= 0.3 is 5.97 Å². The molecule has 0 aliphatic heterocycles. The maximum atomic E-state index is 10.8. The second-order valence-corrected chi connectivity index (χ2v) is 2.57. The number of nitrogens with one attached hydrogen (secondary N) is 1. The number of carboxylic acid groups (broad SMARTS) is 1. The lowest BCUT2D eigenvalue weighted by Gasteiger charge is -2.04. The molecular formula is C10H10N2O3. The van der Waals surface area contributed by atoms with Gasteiger partial charge in [0.05, 0.1) is 6.54 Å². The van der Waals surface area contributed by atoms with Crippen molar-refractivity contribution in [2.45, 2.75) is 0 Å². The summed E-state index contributed by atoms with van der Waals surface area (Å²) in [6.45, 7) is 0.0353. The zero-order valence-electron chi connectivity index (χ0n) is 7.90. The highest BCUT2D eigenvalue weighted by Gasteiger charge is 2.08. The van der Waals surface area contributed by atoms with E-state index in [0.717, 1.165) is 0 Å². The number of anilines is 1. The molecule has 5 heteroatoms. The van der Waals surface area contributed by atoms with Crippen molar-refractivity contribution in [3.63, 3.8) is 0 Å². The van der Waals surface area contributed by atoms with Gasteiger partial charge in [0.1, 0.15) is 18.0 Å². The maximum Gasteiger partial charge on any atom is 0.339 e. The molecule has 0 spiro atoms. The van der Waals surface area contributed by atoms with E-state index in [2.05, 4.69) is 22.1 Å². The molecule has 0 amide bonds. The van der Waals surface area contributed by atoms with Crippen molar-refractivity contribution in [1.29, 1.82) is 0 Å². The van der Waals surface area contributed by atoms with Crippen LogP contribution in [-0.2, 0) is 0 Å². The number of carboxylic acids is 1. The van der Waals surface area contributed by atoms with Crippen molar-refractivity contribution in [1.82, 2.24) is 4.98 Å². The smallest absolute Gasteiger partial charge is 0.339 e. The van der Waals surface area contributed by atoms with Gasteiger partial charge in [-0.15, -0.1) is 0 Å². The van der Waals surface area contributed by atoms with Gasteiger partial charge in [-0.25, -0.2) is 9.78 Å². The number of aromatic carboxylic acids is 1. The first-order chi connectivity index (χ1) is 7.25. The number of carbonyl (C=O) groups is 1. The Morgan fingerprint density at radius 1 is 1.53 bits per heavy atom. The predicted octanol–water partition coefficient (Wildman–Crippen LogP) is 0.187. The molecular weight excluding hydrogens is 196 g/mol. The predicted molar refractivity (Wildman–Crippen MR) is 54.5 cm³/mol. The molecule has 0 atom stereocenters. The highest BCUT2D eigenvalue weighted by atomic mass is 16.4. The molecule has 1 aromatic heterocycles. The van der Waals surface area contributed by atoms with Gasteiger partial charge in [-0.2, -0.15) is 0 Å². The summed E-state index contributed by atoms with van der Waals surface area (Å²) in [5.74, 6) is 4.27. The Morgan fingerprint density at radius 2 is 2.33 bits per heavy atom. The van der Waals surface area contributed by atoms with E-state index in [1.807, 2.05) is 0 Å². The number of aromatic nitrogens is 1. The van der Waals surface area contributed by atoms with Crippen molar-refractivity contribution in [2.75, 3.05) is 18.5 Å². The summed E-state index contributed by atoms with van der Waals surface area (Å²) in [6, 6.07) is 3.01. The van der Waals surface area contributed by atoms with Crippen molar-refractivity contribution >= 4 is 11.8 Å². The average molecular weight is 206 g/mol. The summed E-state index contributed by atoms with van der Waals surface area (Å²) in [5, 5.41) is 20.0. The van der Waals surface area contributed by atoms with E-state index in [1.54, 1.807) is 6.07 Å². The topological polar surface area (TPSA) is 82.5 Å². The molecule has 0 aromatic carbocycles. The van der Waals surface area contributed by atoms with E-state index in [4.69, 9.17) is 10.2 Å². The van der Waals surface area contributed by atoms with Crippen LogP contribution >= 0.6 is 0 Å². The molecule has 0 aliphatic carbocycles. The number of nitrogens with zero attached hydrogens (tertiary/aromatic N) is 1. The van der Waals surface area contributed by atoms with Gasteiger partial charge in [0, 0.05) is 6.20 Å². The van der Waals surface area contributed by atoms with Crippen LogP contribution in [0.4, 0.5) is 5.82 Å². The molecule has 1 heterocycles. The highest BCUT2D eigenvalue weighted by Crippen LogP contribution is 2.10. The molecule has 3 N–H and O–H groups in total. The fourth-order valence-electron chi connectivity index (χ4n) is 0.965. The Morgan fingerprint density at radius 3 is 3.00 bits per heavy atom. The van der Waals surface area contributed by atoms with Gasteiger partial charge in [-0.05, 0) is 12.1 Å². The zero-order valence-corrected chi connectivity index (χ0v) is 7.90. The van der Waals surface area contributed by atoms with Crippen LogP contribution in [0.5, 0.6) is 0 Å². The Kier molecular flexibility index (Phi) is 4.13. The fraction of sp³-hybridized carbons (Fsp3) is 0.200. The summed E-state index contributed by atoms with van der Waals surface area (Å²) in [7, 11) is 0. The second-order valence-electron chi connectivity index (χ2n) is 2.57. The average Bonchev–Trinajstić information content (AvgIpc) is 2.25. The first-order valence-electron chi connectivity index (χ1n) is 4.24. The number of hydrogen-bond donors (Lipinski definition) is 3. The van der Waals surface area contributed by atoms with Crippen LogP contribution in [0.1, 0.15) is 10.4 Å². The Labute approximate surface area is 86.8 Å². The number of hydrogen-bond acceptors (Lipinski definition) is 4. The fourth-order valence-corrected chi connectivity index (χ4v) is 0.965. The molecule has 0 bridgehead atoms. The van der Waals surface area contributed by atoms with Crippen LogP contribution in [0.3, 0.4) is 0 Å². The highest BCUT2D eigenvalue weighted by molar-refractivity contribution is 5.92. The minimum absolute atomic E-state index is 0.100. The number of aliphatic hydroxyl groups is 1. The molecule has 0 radical (unpaired) electrons. The third-order valence-electron chi connectivity index (χ3n) is 1.59. The maximum absolute atomic E-state index is 10.8. The third kappa shape index (κ3) is 3.29. The lowest BCUT2D eigenvalue weighted by atomic mass is 10.2. The third-order valence-corrected chi connectivity index (χ3v) is 1.59. The van der Waals surface area contributed by atoms with E-state index < -0.39 is 5.97 Å². The van der Waals surface area contributed by atoms with Crippen molar-refractivity contribution in [2.24, 2.45) is 0 Å². The lowest BCUT2D eigenvalue weighted by Crippen LogP contribution is -2.08. The molecule has 1 rings (SSSR count). The molecule has 0 saturated carbocycles. The molecule has 78 valence electrons. The van der Waals surface area contributed by atoms with Crippen LogP contribution in [0.25, 0.3) is 0 Å². The minimum atomic E-state index is -1.04. The van der Waals surface area contributed by atoms with Crippen LogP contribution < -0.4 is 5.32 Å². The summed E-state index contributed by atoms with van der Waals surface area (Å²) in [6.07, 6.45) is 1.49. The second kappa shape index (κ2) is 5.62. The standard InChI is InChI=1S/C10H10N2O3/c13-7-2-1-5-11-9-8(10(14)15)4-3-6-12-9/h3-4,6,13H,5,7H2,(H,11,12)(H,14,15). The largest absolute Gasteiger partial charge is 0.478 e. The first-order valence-corrected chi connectivity index (χ1v) is 4.24. The normalized spacial score (nSPS) is 8.87. The lowest BCUT2D eigenvalue weighted by molar-refractivity contribution is 0.0697. The van der Waals surface area contributed by atoms with Crippen LogP contribution in [0, 0.1) is 11.8 Å². The van der Waals surface area contributed by atoms with Crippen LogP contribution in [-0.4, -0.2) is 34.3 Å². The summed E-state index contributed by atoms with van der Waals surface area (Å²) >= 11 is 0. The van der Waals surface area contributed by atoms with Crippen molar-refractivity contribution < 1.29 is 15.0 Å². The van der Waals surface area contributed by atoms with E-state index in [0.29, 0.717) is 0 Å². The summed E-state index contributed by atoms with van der Waals surface area (Å²) in [5.41, 5.74) is 0.100. The number of rotatable bonds is 3. The molecule has 0 fully saturated rings. The molecule has 0 saturated heterocycles. The number of aliphatic hydroxyl groups excluding tert-OH is 1. The Bertz CT molecular complexity index is 407. The molecule has 5 nitrogen and oxygen atoms in total. The van der Waals surface area contributed by atoms with Gasteiger partial charge < -0.3 is 15.5 Å². The van der Waals surface area contributed by atoms with E-state index in [-0.39, 0.29) is 24.5 Å². The van der Waals surface area contributed by atoms with Gasteiger partial charge in [-0.3, -0.25) is 0 Å². The van der Waals surface area contributed by atoms with E-state index in [9.17, 15) is 4.79 Å². The van der Waals surface area contributed by atoms with Crippen LogP contribution in [0.2, 0.25) is 0 Å². The summed E-state index contributed by atoms with van der Waals surface area (Å²) in [4.78, 5) is 14.6. The monoisotopic (exact) mass is 206 g/mol. The molecule has 1 aromatic rings. The first kappa shape index (κ1) is 11.0. The SMILES string of the molecule is O=C(O)c1cccnc1NCC#CCO. The Hall–Kier alpha value is -2.06. The van der Waals surface area contributed by atoms with Crippen LogP contribution in [0.15, 0.2) is 18.3 Å². The van der Waals surface area contributed by atoms with E-state index >= 15 is 0 Å². The zero-order chi connectivity index (χ0) is 11.1. The molecule has 0 aliphatic rings. The Balaban J connectivity index is 2.72. The van der Waals surface area contributed by atoms with Crippen molar-refractivity contribution in [3.05, 3.63) is 23.9 Å². The van der Waals surface area contributed by atoms with E-state index in [1.165, 1.54) is 12.3 Å². The van der Waals surface area contributed by atoms with Crippen molar-refractivity contribution in [3.8, 4) is 11.8 Å². The van der Waals surface area contributed by atoms with Gasteiger partial charge in [0.15, 0.2) is 0 Å². The van der Waals surface area contributed by atoms with Gasteiger partial charge in [0.25, 0.3) is 0 Å². The van der Waals surface area contributed by atoms with Gasteiger partial charge in [-0.1, -0.05) is 11.8 Å². The molecule has 0 unspecified atom stereocenters. The summed E-state index contributed by atoms with van der Waals surface area (Å²) < 4.78 is 0. The quantitative estimate of drug-likeness (QED) is 0.615.